The molecule has 0 aliphatic heterocycles. The van der Waals surface area contributed by atoms with Crippen molar-refractivity contribution in [1.29, 1.82) is 0 Å². The van der Waals surface area contributed by atoms with Gasteiger partial charge in [0.1, 0.15) is 17.2 Å². The first kappa shape index (κ1) is 29.3. The van der Waals surface area contributed by atoms with E-state index in [0.29, 0.717) is 31.6 Å². The van der Waals surface area contributed by atoms with Crippen molar-refractivity contribution in [3.05, 3.63) is 51.7 Å². The van der Waals surface area contributed by atoms with Crippen LogP contribution >= 0.6 is 0 Å². The molecule has 206 valence electrons. The van der Waals surface area contributed by atoms with Gasteiger partial charge in [-0.1, -0.05) is 53.4 Å². The highest BCUT2D eigenvalue weighted by Gasteiger charge is 2.22. The summed E-state index contributed by atoms with van der Waals surface area (Å²) < 4.78 is 15.3. The van der Waals surface area contributed by atoms with Crippen molar-refractivity contribution in [3.8, 4) is 0 Å². The lowest BCUT2D eigenvalue weighted by Crippen LogP contribution is -2.34. The van der Waals surface area contributed by atoms with Gasteiger partial charge in [-0.2, -0.15) is 0 Å². The van der Waals surface area contributed by atoms with E-state index >= 15 is 4.39 Å². The highest BCUT2D eigenvalue weighted by molar-refractivity contribution is 6.06. The van der Waals surface area contributed by atoms with Crippen molar-refractivity contribution >= 4 is 33.6 Å². The number of carbonyl (C=O) groups is 2. The summed E-state index contributed by atoms with van der Waals surface area (Å²) in [6.45, 7) is 10.6. The number of rotatable bonds is 14. The van der Waals surface area contributed by atoms with E-state index in [2.05, 4.69) is 37.7 Å². The number of aromatic amines is 1. The number of unbranched alkanes of at least 4 members (excludes halogenated alkanes) is 4. The van der Waals surface area contributed by atoms with Gasteiger partial charge in [0.2, 0.25) is 0 Å². The fraction of sp³-hybridized carbons (Fsp3) is 0.533. The van der Waals surface area contributed by atoms with Gasteiger partial charge < -0.3 is 14.8 Å². The van der Waals surface area contributed by atoms with Crippen molar-refractivity contribution in [2.24, 2.45) is 0 Å². The summed E-state index contributed by atoms with van der Waals surface area (Å²) in [4.78, 5) is 51.0. The maximum Gasteiger partial charge on any atom is 0.272 e. The van der Waals surface area contributed by atoms with Crippen LogP contribution in [0.15, 0.2) is 29.1 Å². The zero-order valence-electron chi connectivity index (χ0n) is 23.2. The minimum absolute atomic E-state index is 0.000183. The predicted octanol–water partition coefficient (Wildman–Crippen LogP) is 6.30. The lowest BCUT2D eigenvalue weighted by atomic mass is 10.1. The molecule has 0 atom stereocenters. The second-order valence-electron chi connectivity index (χ2n) is 9.92. The lowest BCUT2D eigenvalue weighted by Gasteiger charge is -2.23. The van der Waals surface area contributed by atoms with Gasteiger partial charge in [-0.25, -0.2) is 9.37 Å². The summed E-state index contributed by atoms with van der Waals surface area (Å²) in [6.07, 6.45) is 7.18. The molecule has 1 aromatic carbocycles. The van der Waals surface area contributed by atoms with Crippen molar-refractivity contribution in [2.45, 2.75) is 79.1 Å². The minimum Gasteiger partial charge on any atom is -0.349 e. The van der Waals surface area contributed by atoms with Gasteiger partial charge in [0, 0.05) is 49.1 Å². The van der Waals surface area contributed by atoms with Crippen molar-refractivity contribution in [3.63, 3.8) is 0 Å². The largest absolute Gasteiger partial charge is 0.349 e. The van der Waals surface area contributed by atoms with Crippen molar-refractivity contribution in [2.75, 3.05) is 26.2 Å². The Labute approximate surface area is 224 Å². The Morgan fingerprint density at radius 1 is 0.789 bits per heavy atom. The maximum absolute atomic E-state index is 15.3. The number of pyridine rings is 2. The molecule has 0 fully saturated rings. The molecule has 8 heteroatoms. The highest BCUT2D eigenvalue weighted by Crippen LogP contribution is 2.25. The zero-order valence-corrected chi connectivity index (χ0v) is 23.2. The van der Waals surface area contributed by atoms with E-state index in [1.165, 1.54) is 24.3 Å². The van der Waals surface area contributed by atoms with E-state index in [9.17, 15) is 14.4 Å². The van der Waals surface area contributed by atoms with E-state index in [0.717, 1.165) is 51.4 Å². The number of benzene rings is 1. The van der Waals surface area contributed by atoms with Gasteiger partial charge in [-0.15, -0.1) is 0 Å². The number of aromatic nitrogens is 2. The molecule has 3 aromatic rings. The number of H-pyrrole nitrogens is 1. The Kier molecular flexibility index (Phi) is 10.8. The van der Waals surface area contributed by atoms with Gasteiger partial charge in [0.15, 0.2) is 5.43 Å². The van der Waals surface area contributed by atoms with Gasteiger partial charge in [0.05, 0.1) is 11.0 Å². The average molecular weight is 525 g/mol. The molecule has 1 N–H and O–H groups in total. The van der Waals surface area contributed by atoms with Crippen LogP contribution in [0.4, 0.5) is 4.39 Å². The third-order valence-electron chi connectivity index (χ3n) is 6.88. The molecular weight excluding hydrogens is 483 g/mol. The summed E-state index contributed by atoms with van der Waals surface area (Å²) in [6, 6.07) is 5.53. The SMILES string of the molecule is CCCCN(CCCC)C(=O)c1cc(F)c2ccc3c(=O)cc(C(=O)N(CCCC)CCCC)[nH]c3c2n1. The standard InChI is InChI=1S/C30H41FN4O3/c1-5-9-15-34(16-10-6-2)29(37)24-19-23(31)21-13-14-22-26(36)20-25(33-28(22)27(21)32-24)30(38)35(17-11-7-3)18-12-8-4/h13-14,19-20H,5-12,15-18H2,1-4H3,(H,33,36). The van der Waals surface area contributed by atoms with E-state index in [-0.39, 0.29) is 45.1 Å². The van der Waals surface area contributed by atoms with Crippen LogP contribution in [0.5, 0.6) is 0 Å². The molecule has 0 unspecified atom stereocenters. The molecule has 2 aromatic heterocycles. The molecule has 0 saturated heterocycles. The molecule has 0 radical (unpaired) electrons. The fourth-order valence-electron chi connectivity index (χ4n) is 4.54. The van der Waals surface area contributed by atoms with Crippen molar-refractivity contribution < 1.29 is 14.0 Å². The number of hydrogen-bond donors (Lipinski definition) is 1. The van der Waals surface area contributed by atoms with Gasteiger partial charge in [0.25, 0.3) is 11.8 Å². The normalized spacial score (nSPS) is 11.3. The summed E-state index contributed by atoms with van der Waals surface area (Å²) in [5.74, 6) is -1.18. The molecular formula is C30H41FN4O3. The second kappa shape index (κ2) is 14.0. The summed E-state index contributed by atoms with van der Waals surface area (Å²) in [5.41, 5.74) is 0.249. The van der Waals surface area contributed by atoms with E-state index in [1.807, 2.05) is 0 Å². The Morgan fingerprint density at radius 3 is 1.82 bits per heavy atom. The zero-order chi connectivity index (χ0) is 27.7. The number of amides is 2. The number of hydrogen-bond acceptors (Lipinski definition) is 4. The first-order valence-electron chi connectivity index (χ1n) is 14.1. The van der Waals surface area contributed by atoms with E-state index < -0.39 is 5.82 Å². The van der Waals surface area contributed by atoms with Crippen LogP contribution in [-0.4, -0.2) is 57.8 Å². The monoisotopic (exact) mass is 524 g/mol. The molecule has 0 spiro atoms. The second-order valence-corrected chi connectivity index (χ2v) is 9.92. The average Bonchev–Trinajstić information content (AvgIpc) is 2.92. The predicted molar refractivity (Wildman–Crippen MR) is 151 cm³/mol. The fourth-order valence-corrected chi connectivity index (χ4v) is 4.54. The number of nitrogens with one attached hydrogen (secondary N) is 1. The van der Waals surface area contributed by atoms with Crippen LogP contribution in [0.2, 0.25) is 0 Å². The minimum atomic E-state index is -0.587. The van der Waals surface area contributed by atoms with Gasteiger partial charge in [-0.05, 0) is 37.8 Å². The third-order valence-corrected chi connectivity index (χ3v) is 6.88. The molecule has 38 heavy (non-hydrogen) atoms. The quantitative estimate of drug-likeness (QED) is 0.251. The Bertz CT molecular complexity index is 1300. The molecule has 0 aliphatic carbocycles. The molecule has 7 nitrogen and oxygen atoms in total. The molecule has 2 amide bonds. The van der Waals surface area contributed by atoms with Crippen LogP contribution in [0.3, 0.4) is 0 Å². The van der Waals surface area contributed by atoms with Crippen LogP contribution in [0.1, 0.15) is 100 Å². The third kappa shape index (κ3) is 6.77. The van der Waals surface area contributed by atoms with Crippen LogP contribution < -0.4 is 5.43 Å². The maximum atomic E-state index is 15.3. The van der Waals surface area contributed by atoms with E-state index in [1.54, 1.807) is 9.80 Å². The Balaban J connectivity index is 2.12. The first-order chi connectivity index (χ1) is 18.4. The number of nitrogens with zero attached hydrogens (tertiary/aromatic N) is 3. The number of carbonyl (C=O) groups excluding carboxylic acids is 2. The highest BCUT2D eigenvalue weighted by atomic mass is 19.1. The van der Waals surface area contributed by atoms with Crippen LogP contribution in [0.25, 0.3) is 21.8 Å². The summed E-state index contributed by atoms with van der Waals surface area (Å²) in [7, 11) is 0. The van der Waals surface area contributed by atoms with Gasteiger partial charge in [-0.3, -0.25) is 14.4 Å². The van der Waals surface area contributed by atoms with E-state index in [4.69, 9.17) is 0 Å². The first-order valence-corrected chi connectivity index (χ1v) is 14.1. The van der Waals surface area contributed by atoms with Crippen molar-refractivity contribution in [1.82, 2.24) is 19.8 Å². The summed E-state index contributed by atoms with van der Waals surface area (Å²) in [5, 5.41) is 0.491. The number of halogens is 1. The Hall–Kier alpha value is -3.29. The number of fused-ring (bicyclic) bond motifs is 3. The molecule has 0 aliphatic rings. The van der Waals surface area contributed by atoms with Gasteiger partial charge >= 0.3 is 0 Å². The smallest absolute Gasteiger partial charge is 0.272 e. The topological polar surface area (TPSA) is 86.4 Å². The Morgan fingerprint density at radius 2 is 1.29 bits per heavy atom. The molecule has 3 rings (SSSR count). The van der Waals surface area contributed by atoms with Crippen LogP contribution in [-0.2, 0) is 0 Å². The molecule has 0 bridgehead atoms. The molecule has 0 saturated carbocycles. The molecule has 2 heterocycles. The summed E-state index contributed by atoms with van der Waals surface area (Å²) >= 11 is 0. The lowest BCUT2D eigenvalue weighted by molar-refractivity contribution is 0.0737. The van der Waals surface area contributed by atoms with Crippen LogP contribution in [0, 0.1) is 5.82 Å².